The van der Waals surface area contributed by atoms with Crippen LogP contribution in [0.3, 0.4) is 0 Å². The van der Waals surface area contributed by atoms with Gasteiger partial charge in [-0.25, -0.2) is 0 Å². The Kier molecular flexibility index (Phi) is 9.62. The van der Waals surface area contributed by atoms with Gasteiger partial charge in [-0.05, 0) is 95.8 Å². The molecule has 0 bridgehead atoms. The smallest absolute Gasteiger partial charge is 0.118 e. The van der Waals surface area contributed by atoms with Gasteiger partial charge in [-0.2, -0.15) is 0 Å². The average molecular weight is 681 g/mol. The number of rotatable bonds is 13. The summed E-state index contributed by atoms with van der Waals surface area (Å²) in [6.07, 6.45) is 13.4. The first-order chi connectivity index (χ1) is 25.7. The van der Waals surface area contributed by atoms with Crippen molar-refractivity contribution in [3.63, 3.8) is 0 Å². The van der Waals surface area contributed by atoms with Gasteiger partial charge in [0.1, 0.15) is 11.5 Å². The lowest BCUT2D eigenvalue weighted by Crippen LogP contribution is -2.00. The highest BCUT2D eigenvalue weighted by atomic mass is 16.5. The van der Waals surface area contributed by atoms with E-state index in [1.54, 1.807) is 14.2 Å². The molecular formula is C48H44N2O2. The maximum Gasteiger partial charge on any atom is 0.118 e. The maximum absolute atomic E-state index is 5.31. The molecule has 2 aromatic heterocycles. The van der Waals surface area contributed by atoms with Crippen molar-refractivity contribution in [2.24, 2.45) is 0 Å². The number of methoxy groups -OCH3 is 2. The van der Waals surface area contributed by atoms with Crippen LogP contribution in [0.2, 0.25) is 0 Å². The molecule has 2 heterocycles. The second kappa shape index (κ2) is 15.1. The van der Waals surface area contributed by atoms with E-state index in [1.807, 2.05) is 24.3 Å². The molecule has 8 rings (SSSR count). The fourth-order valence-corrected chi connectivity index (χ4v) is 7.54. The molecule has 0 fully saturated rings. The zero-order chi connectivity index (χ0) is 35.3. The number of hydrogen-bond donors (Lipinski definition) is 0. The number of ether oxygens (including phenoxy) is 2. The van der Waals surface area contributed by atoms with E-state index in [4.69, 9.17) is 9.47 Å². The highest BCUT2D eigenvalue weighted by molar-refractivity contribution is 6.09. The first kappa shape index (κ1) is 33.2. The standard InChI is InChI=1S/C48H44N2O2/c1-51-39-25-19-35(20-26-39)15-17-37-23-29-47-43(33-37)41-11-5-7-13-45(41)49(47)31-9-3-4-10-32-50-46-14-8-6-12-42(46)44-34-38(24-30-48(44)50)18-16-36-21-27-40(52-2)28-22-36/h5-8,11-30,33-34H,3-4,9-10,31-32H2,1-2H3. The van der Waals surface area contributed by atoms with Crippen LogP contribution in [0.25, 0.3) is 67.9 Å². The molecule has 4 heteroatoms. The SMILES string of the molecule is COc1ccc(C=Cc2ccc3c(c2)c2ccccc2n3CCCCCCn2c3ccccc3c3cc(C=Cc4ccc(OC)cc4)ccc32)cc1. The zero-order valence-electron chi connectivity index (χ0n) is 30.0. The molecule has 258 valence electrons. The Labute approximate surface area is 305 Å². The number of benzene rings is 6. The van der Waals surface area contributed by atoms with Gasteiger partial charge in [-0.1, -0.05) is 110 Å². The summed E-state index contributed by atoms with van der Waals surface area (Å²) < 4.78 is 15.7. The lowest BCUT2D eigenvalue weighted by atomic mass is 10.1. The second-order valence-electron chi connectivity index (χ2n) is 13.5. The molecule has 0 atom stereocenters. The van der Waals surface area contributed by atoms with E-state index in [0.717, 1.165) is 48.6 Å². The Bertz CT molecular complexity index is 2350. The molecule has 0 N–H and O–H groups in total. The van der Waals surface area contributed by atoms with Crippen molar-refractivity contribution in [2.45, 2.75) is 38.8 Å². The Hall–Kier alpha value is -6.00. The third-order valence-electron chi connectivity index (χ3n) is 10.3. The molecule has 4 nitrogen and oxygen atoms in total. The first-order valence-corrected chi connectivity index (χ1v) is 18.3. The monoisotopic (exact) mass is 680 g/mol. The zero-order valence-corrected chi connectivity index (χ0v) is 30.0. The molecule has 0 aliphatic heterocycles. The quantitative estimate of drug-likeness (QED) is 0.0896. The summed E-state index contributed by atoms with van der Waals surface area (Å²) in [5.41, 5.74) is 9.98. The largest absolute Gasteiger partial charge is 0.497 e. The average Bonchev–Trinajstić information content (AvgIpc) is 3.69. The number of hydrogen-bond acceptors (Lipinski definition) is 2. The van der Waals surface area contributed by atoms with Crippen LogP contribution in [0.5, 0.6) is 11.5 Å². The van der Waals surface area contributed by atoms with Gasteiger partial charge >= 0.3 is 0 Å². The number of nitrogens with zero attached hydrogens (tertiary/aromatic N) is 2. The van der Waals surface area contributed by atoms with E-state index >= 15 is 0 Å². The predicted molar refractivity (Wildman–Crippen MR) is 221 cm³/mol. The van der Waals surface area contributed by atoms with Crippen molar-refractivity contribution in [3.05, 3.63) is 156 Å². The summed E-state index contributed by atoms with van der Waals surface area (Å²) in [6.45, 7) is 2.04. The lowest BCUT2D eigenvalue weighted by Gasteiger charge is -2.10. The minimum atomic E-state index is 0.874. The van der Waals surface area contributed by atoms with Crippen LogP contribution in [0.1, 0.15) is 47.9 Å². The van der Waals surface area contributed by atoms with Gasteiger partial charge in [0.2, 0.25) is 0 Å². The number of aryl methyl sites for hydroxylation is 2. The van der Waals surface area contributed by atoms with Crippen molar-refractivity contribution in [3.8, 4) is 11.5 Å². The van der Waals surface area contributed by atoms with E-state index in [0.29, 0.717) is 0 Å². The summed E-state index contributed by atoms with van der Waals surface area (Å²) >= 11 is 0. The van der Waals surface area contributed by atoms with Gasteiger partial charge in [0.05, 0.1) is 14.2 Å². The van der Waals surface area contributed by atoms with E-state index in [1.165, 1.54) is 67.6 Å². The first-order valence-electron chi connectivity index (χ1n) is 18.3. The van der Waals surface area contributed by atoms with Gasteiger partial charge in [0.15, 0.2) is 0 Å². The fraction of sp³-hybridized carbons (Fsp3) is 0.167. The highest BCUT2D eigenvalue weighted by Crippen LogP contribution is 2.33. The molecular weight excluding hydrogens is 637 g/mol. The lowest BCUT2D eigenvalue weighted by molar-refractivity contribution is 0.414. The Morgan fingerprint density at radius 3 is 1.17 bits per heavy atom. The van der Waals surface area contributed by atoms with E-state index < -0.39 is 0 Å². The molecule has 0 saturated carbocycles. The summed E-state index contributed by atoms with van der Waals surface area (Å²) in [5.74, 6) is 1.75. The van der Waals surface area contributed by atoms with Crippen LogP contribution in [-0.2, 0) is 13.1 Å². The molecule has 6 aromatic carbocycles. The molecule has 0 aliphatic carbocycles. The molecule has 0 unspecified atom stereocenters. The fourth-order valence-electron chi connectivity index (χ4n) is 7.54. The topological polar surface area (TPSA) is 28.3 Å². The van der Waals surface area contributed by atoms with Gasteiger partial charge < -0.3 is 18.6 Å². The van der Waals surface area contributed by atoms with Crippen LogP contribution < -0.4 is 9.47 Å². The van der Waals surface area contributed by atoms with Crippen molar-refractivity contribution in [1.82, 2.24) is 9.13 Å². The third kappa shape index (κ3) is 6.85. The number of aromatic nitrogens is 2. The molecule has 0 aliphatic rings. The Morgan fingerprint density at radius 2 is 0.750 bits per heavy atom. The van der Waals surface area contributed by atoms with Crippen molar-refractivity contribution >= 4 is 67.9 Å². The van der Waals surface area contributed by atoms with E-state index in [9.17, 15) is 0 Å². The summed E-state index contributed by atoms with van der Waals surface area (Å²) in [5, 5.41) is 5.28. The summed E-state index contributed by atoms with van der Waals surface area (Å²) in [4.78, 5) is 0. The Morgan fingerprint density at radius 1 is 0.385 bits per heavy atom. The van der Waals surface area contributed by atoms with Crippen LogP contribution in [0.15, 0.2) is 133 Å². The number of fused-ring (bicyclic) bond motifs is 6. The van der Waals surface area contributed by atoms with E-state index in [2.05, 4.69) is 143 Å². The second-order valence-corrected chi connectivity index (χ2v) is 13.5. The molecule has 0 saturated heterocycles. The van der Waals surface area contributed by atoms with Crippen LogP contribution >= 0.6 is 0 Å². The molecule has 52 heavy (non-hydrogen) atoms. The summed E-state index contributed by atoms with van der Waals surface area (Å²) in [6, 6.07) is 47.8. The number of unbranched alkanes of at least 4 members (excludes halogenated alkanes) is 3. The molecule has 8 aromatic rings. The summed E-state index contributed by atoms with van der Waals surface area (Å²) in [7, 11) is 3.40. The molecule has 0 radical (unpaired) electrons. The van der Waals surface area contributed by atoms with Gasteiger partial charge in [-0.15, -0.1) is 0 Å². The predicted octanol–water partition coefficient (Wildman–Crippen LogP) is 12.5. The number of para-hydroxylation sites is 2. The van der Waals surface area contributed by atoms with Crippen LogP contribution in [0.4, 0.5) is 0 Å². The highest BCUT2D eigenvalue weighted by Gasteiger charge is 2.12. The van der Waals surface area contributed by atoms with Crippen LogP contribution in [0, 0.1) is 0 Å². The molecule has 0 amide bonds. The van der Waals surface area contributed by atoms with E-state index in [-0.39, 0.29) is 0 Å². The van der Waals surface area contributed by atoms with Gasteiger partial charge in [0, 0.05) is 56.7 Å². The van der Waals surface area contributed by atoms with Gasteiger partial charge in [0.25, 0.3) is 0 Å². The normalized spacial score (nSPS) is 12.0. The Balaban J connectivity index is 0.929. The maximum atomic E-state index is 5.31. The van der Waals surface area contributed by atoms with Gasteiger partial charge in [-0.3, -0.25) is 0 Å². The minimum Gasteiger partial charge on any atom is -0.497 e. The van der Waals surface area contributed by atoms with Crippen molar-refractivity contribution < 1.29 is 9.47 Å². The molecule has 0 spiro atoms. The van der Waals surface area contributed by atoms with Crippen LogP contribution in [-0.4, -0.2) is 23.4 Å². The minimum absolute atomic E-state index is 0.874. The third-order valence-corrected chi connectivity index (χ3v) is 10.3. The van der Waals surface area contributed by atoms with Crippen molar-refractivity contribution in [1.29, 1.82) is 0 Å². The van der Waals surface area contributed by atoms with Crippen molar-refractivity contribution in [2.75, 3.05) is 14.2 Å².